The number of hydrogen-bond acceptors (Lipinski definition) is 1. The number of aryl methyl sites for hydroxylation is 1. The number of aromatic amines is 1. The molecule has 2 aromatic carbocycles. The van der Waals surface area contributed by atoms with Crippen LogP contribution in [0.2, 0.25) is 0 Å². The van der Waals surface area contributed by atoms with Crippen LogP contribution in [0.25, 0.3) is 22.4 Å². The van der Waals surface area contributed by atoms with E-state index in [1.165, 1.54) is 5.56 Å². The van der Waals surface area contributed by atoms with Crippen LogP contribution in [-0.2, 0) is 0 Å². The van der Waals surface area contributed by atoms with Crippen molar-refractivity contribution in [1.29, 1.82) is 0 Å². The fourth-order valence-electron chi connectivity index (χ4n) is 2.38. The van der Waals surface area contributed by atoms with E-state index in [1.54, 1.807) is 0 Å². The normalized spacial score (nSPS) is 11.4. The first-order chi connectivity index (χ1) is 9.33. The first-order valence-electron chi connectivity index (χ1n) is 6.26. The Morgan fingerprint density at radius 1 is 1.05 bits per heavy atom. The van der Waals surface area contributed by atoms with Gasteiger partial charge < -0.3 is 0 Å². The molecule has 0 aliphatic rings. The summed E-state index contributed by atoms with van der Waals surface area (Å²) in [5.74, 6) is 0.913. The van der Waals surface area contributed by atoms with Crippen molar-refractivity contribution in [1.82, 2.24) is 14.7 Å². The van der Waals surface area contributed by atoms with Gasteiger partial charge in [-0.3, -0.25) is 0 Å². The van der Waals surface area contributed by atoms with Crippen LogP contribution in [-0.4, -0.2) is 14.7 Å². The molecule has 19 heavy (non-hydrogen) atoms. The number of benzene rings is 2. The Labute approximate surface area is 109 Å². The number of hydrogen-bond donors (Lipinski definition) is 1. The van der Waals surface area contributed by atoms with Crippen LogP contribution in [0.4, 0.5) is 0 Å². The van der Waals surface area contributed by atoms with Crippen molar-refractivity contribution in [2.75, 3.05) is 0 Å². The molecule has 0 radical (unpaired) electrons. The van der Waals surface area contributed by atoms with Gasteiger partial charge in [0.1, 0.15) is 0 Å². The lowest BCUT2D eigenvalue weighted by Gasteiger charge is -1.94. The number of rotatable bonds is 1. The third-order valence-electron chi connectivity index (χ3n) is 3.39. The molecule has 4 heteroatoms. The minimum Gasteiger partial charge on any atom is -0.198 e. The average molecular weight is 249 g/mol. The molecule has 92 valence electrons. The molecule has 1 N–H and O–H groups in total. The Morgan fingerprint density at radius 3 is 2.68 bits per heavy atom. The van der Waals surface area contributed by atoms with Crippen molar-refractivity contribution >= 4 is 11.0 Å². The summed E-state index contributed by atoms with van der Waals surface area (Å²) in [7, 11) is 0. The van der Waals surface area contributed by atoms with Crippen LogP contribution >= 0.6 is 0 Å². The largest absolute Gasteiger partial charge is 0.278 e. The summed E-state index contributed by atoms with van der Waals surface area (Å²) in [6.45, 7) is 2.09. The summed E-state index contributed by atoms with van der Waals surface area (Å²) in [4.78, 5) is 4.50. The smallest absolute Gasteiger partial charge is 0.198 e. The molecular formula is C15H13N4+. The zero-order valence-electron chi connectivity index (χ0n) is 10.5. The van der Waals surface area contributed by atoms with Crippen molar-refractivity contribution < 1.29 is 4.52 Å². The third kappa shape index (κ3) is 1.46. The minimum atomic E-state index is 0.913. The topological polar surface area (TPSA) is 37.2 Å². The van der Waals surface area contributed by atoms with Gasteiger partial charge in [-0.25, -0.2) is 0 Å². The molecule has 0 spiro atoms. The van der Waals surface area contributed by atoms with Crippen molar-refractivity contribution in [2.45, 2.75) is 6.92 Å². The standard InChI is InChI=1S/C15H13N4/c1-11-6-8-12(9-7-11)15-16-10-18-14-5-3-2-4-13(14)17-19(15)18/h2-10,17H,1H3/q+1. The Hall–Kier alpha value is -2.62. The molecule has 0 aliphatic carbocycles. The molecule has 0 bridgehead atoms. The van der Waals surface area contributed by atoms with Crippen LogP contribution in [0.15, 0.2) is 54.9 Å². The minimum absolute atomic E-state index is 0.913. The van der Waals surface area contributed by atoms with E-state index >= 15 is 0 Å². The molecule has 4 aromatic rings. The van der Waals surface area contributed by atoms with Crippen molar-refractivity contribution in [3.8, 4) is 11.4 Å². The number of nitrogens with zero attached hydrogens (tertiary/aromatic N) is 3. The van der Waals surface area contributed by atoms with E-state index < -0.39 is 0 Å². The van der Waals surface area contributed by atoms with E-state index in [0.717, 1.165) is 22.4 Å². The maximum atomic E-state index is 4.50. The van der Waals surface area contributed by atoms with Gasteiger partial charge in [-0.2, -0.15) is 5.10 Å². The van der Waals surface area contributed by atoms with Gasteiger partial charge in [0.05, 0.1) is 0 Å². The van der Waals surface area contributed by atoms with Crippen molar-refractivity contribution in [3.05, 3.63) is 60.4 Å². The molecule has 0 saturated heterocycles. The predicted octanol–water partition coefficient (Wildman–Crippen LogP) is 2.38. The van der Waals surface area contributed by atoms with E-state index in [2.05, 4.69) is 53.4 Å². The number of nitrogens with one attached hydrogen (secondary N) is 1. The zero-order valence-corrected chi connectivity index (χ0v) is 10.5. The van der Waals surface area contributed by atoms with Crippen LogP contribution in [0.1, 0.15) is 5.56 Å². The van der Waals surface area contributed by atoms with Gasteiger partial charge in [-0.05, 0) is 31.2 Å². The first-order valence-corrected chi connectivity index (χ1v) is 6.26. The molecule has 0 aliphatic heterocycles. The highest BCUT2D eigenvalue weighted by molar-refractivity contribution is 5.70. The summed E-state index contributed by atoms with van der Waals surface area (Å²) in [5, 5.41) is 3.36. The van der Waals surface area contributed by atoms with Crippen molar-refractivity contribution in [3.63, 3.8) is 0 Å². The molecule has 0 fully saturated rings. The van der Waals surface area contributed by atoms with Gasteiger partial charge in [0.15, 0.2) is 11.0 Å². The second-order valence-electron chi connectivity index (χ2n) is 4.72. The van der Waals surface area contributed by atoms with E-state index in [9.17, 15) is 0 Å². The molecule has 2 aromatic heterocycles. The number of fused-ring (bicyclic) bond motifs is 3. The molecule has 0 atom stereocenters. The van der Waals surface area contributed by atoms with Gasteiger partial charge in [0.2, 0.25) is 0 Å². The Morgan fingerprint density at radius 2 is 1.84 bits per heavy atom. The van der Waals surface area contributed by atoms with E-state index in [1.807, 2.05) is 27.6 Å². The highest BCUT2D eigenvalue weighted by Crippen LogP contribution is 2.16. The third-order valence-corrected chi connectivity index (χ3v) is 3.39. The van der Waals surface area contributed by atoms with Crippen LogP contribution < -0.4 is 4.52 Å². The Bertz CT molecular complexity index is 868. The maximum Gasteiger partial charge on any atom is 0.278 e. The summed E-state index contributed by atoms with van der Waals surface area (Å²) < 4.78 is 3.99. The lowest BCUT2D eigenvalue weighted by Crippen LogP contribution is -2.24. The summed E-state index contributed by atoms with van der Waals surface area (Å²) in [5.41, 5.74) is 4.57. The summed E-state index contributed by atoms with van der Waals surface area (Å²) >= 11 is 0. The van der Waals surface area contributed by atoms with Crippen LogP contribution in [0.3, 0.4) is 0 Å². The second-order valence-corrected chi connectivity index (χ2v) is 4.72. The monoisotopic (exact) mass is 249 g/mol. The molecule has 2 heterocycles. The van der Waals surface area contributed by atoms with Gasteiger partial charge in [0.25, 0.3) is 12.2 Å². The fraction of sp³-hybridized carbons (Fsp3) is 0.0667. The van der Waals surface area contributed by atoms with Crippen LogP contribution in [0.5, 0.6) is 0 Å². The van der Waals surface area contributed by atoms with Crippen molar-refractivity contribution in [2.24, 2.45) is 0 Å². The first kappa shape index (κ1) is 10.3. The highest BCUT2D eigenvalue weighted by atomic mass is 15.5. The average Bonchev–Trinajstić information content (AvgIpc) is 2.98. The van der Waals surface area contributed by atoms with Crippen LogP contribution in [0, 0.1) is 6.92 Å². The van der Waals surface area contributed by atoms with Gasteiger partial charge in [0, 0.05) is 5.56 Å². The molecule has 4 rings (SSSR count). The number of aromatic nitrogens is 4. The lowest BCUT2D eigenvalue weighted by atomic mass is 10.1. The van der Waals surface area contributed by atoms with E-state index in [0.29, 0.717) is 0 Å². The fourth-order valence-corrected chi connectivity index (χ4v) is 2.38. The van der Waals surface area contributed by atoms with Gasteiger partial charge >= 0.3 is 0 Å². The van der Waals surface area contributed by atoms with E-state index in [-0.39, 0.29) is 0 Å². The Kier molecular flexibility index (Phi) is 2.00. The predicted molar refractivity (Wildman–Crippen MR) is 72.9 cm³/mol. The Balaban J connectivity index is 2.02. The summed E-state index contributed by atoms with van der Waals surface area (Å²) in [6, 6.07) is 16.6. The lowest BCUT2D eigenvalue weighted by molar-refractivity contribution is -0.593. The molecular weight excluding hydrogens is 236 g/mol. The number of H-pyrrole nitrogens is 1. The molecule has 0 unspecified atom stereocenters. The quantitative estimate of drug-likeness (QED) is 0.517. The molecule has 4 nitrogen and oxygen atoms in total. The zero-order chi connectivity index (χ0) is 12.8. The second kappa shape index (κ2) is 3.68. The molecule has 0 amide bonds. The van der Waals surface area contributed by atoms with E-state index in [4.69, 9.17) is 0 Å². The maximum absolute atomic E-state index is 4.50. The van der Waals surface area contributed by atoms with Gasteiger partial charge in [-0.1, -0.05) is 39.4 Å². The molecule has 0 saturated carbocycles. The summed E-state index contributed by atoms with van der Waals surface area (Å²) in [6.07, 6.45) is 1.84. The number of para-hydroxylation sites is 2. The highest BCUT2D eigenvalue weighted by Gasteiger charge is 2.17. The SMILES string of the molecule is Cc1ccc(-c2nc[n+]3c4ccccc4[nH]n23)cc1. The van der Waals surface area contributed by atoms with Gasteiger partial charge in [-0.15, -0.1) is 4.52 Å².